The summed E-state index contributed by atoms with van der Waals surface area (Å²) in [5.41, 5.74) is 5.67. The third kappa shape index (κ3) is 5.00. The van der Waals surface area contributed by atoms with Crippen molar-refractivity contribution in [3.8, 4) is 11.5 Å². The number of amides is 1. The smallest absolute Gasteiger partial charge is 0.253 e. The molecule has 0 saturated carbocycles. The van der Waals surface area contributed by atoms with Gasteiger partial charge in [-0.25, -0.2) is 4.98 Å². The number of hydrogen-bond donors (Lipinski definition) is 0. The first-order chi connectivity index (χ1) is 14.6. The van der Waals surface area contributed by atoms with E-state index in [1.165, 1.54) is 5.56 Å². The fourth-order valence-corrected chi connectivity index (χ4v) is 4.10. The van der Waals surface area contributed by atoms with Crippen molar-refractivity contribution in [2.75, 3.05) is 13.1 Å². The SMILES string of the molecule is Cc1ccc(C)c(OC2CCN(C(=O)c3cccc(OCc4cscn4)c3)CC2)c1. The number of ether oxygens (including phenoxy) is 2. The Morgan fingerprint density at radius 3 is 2.77 bits per heavy atom. The Labute approximate surface area is 181 Å². The van der Waals surface area contributed by atoms with E-state index in [0.29, 0.717) is 31.0 Å². The van der Waals surface area contributed by atoms with Crippen LogP contribution in [-0.4, -0.2) is 35.0 Å². The van der Waals surface area contributed by atoms with Gasteiger partial charge in [0.15, 0.2) is 0 Å². The van der Waals surface area contributed by atoms with Crippen LogP contribution in [0.15, 0.2) is 53.4 Å². The molecule has 0 N–H and O–H groups in total. The zero-order chi connectivity index (χ0) is 20.9. The fourth-order valence-electron chi connectivity index (χ4n) is 3.56. The normalized spacial score (nSPS) is 14.5. The average Bonchev–Trinajstić information content (AvgIpc) is 3.29. The van der Waals surface area contributed by atoms with Crippen LogP contribution < -0.4 is 9.47 Å². The molecule has 1 amide bonds. The highest BCUT2D eigenvalue weighted by molar-refractivity contribution is 7.07. The predicted molar refractivity (Wildman–Crippen MR) is 118 cm³/mol. The van der Waals surface area contributed by atoms with Crippen molar-refractivity contribution in [2.45, 2.75) is 39.4 Å². The number of aromatic nitrogens is 1. The summed E-state index contributed by atoms with van der Waals surface area (Å²) in [5.74, 6) is 1.67. The zero-order valence-electron chi connectivity index (χ0n) is 17.3. The van der Waals surface area contributed by atoms with Crippen molar-refractivity contribution in [2.24, 2.45) is 0 Å². The highest BCUT2D eigenvalue weighted by Crippen LogP contribution is 2.25. The molecule has 0 spiro atoms. The van der Waals surface area contributed by atoms with Gasteiger partial charge >= 0.3 is 0 Å². The number of aryl methyl sites for hydroxylation is 2. The molecule has 0 unspecified atom stereocenters. The second kappa shape index (κ2) is 9.30. The van der Waals surface area contributed by atoms with Gasteiger partial charge in [0, 0.05) is 36.9 Å². The molecule has 30 heavy (non-hydrogen) atoms. The number of benzene rings is 2. The third-order valence-corrected chi connectivity index (χ3v) is 5.95. The van der Waals surface area contributed by atoms with Gasteiger partial charge in [-0.2, -0.15) is 0 Å². The Bertz CT molecular complexity index is 995. The number of thiazole rings is 1. The lowest BCUT2D eigenvalue weighted by atomic mass is 10.1. The highest BCUT2D eigenvalue weighted by Gasteiger charge is 2.25. The Balaban J connectivity index is 1.32. The van der Waals surface area contributed by atoms with Crippen molar-refractivity contribution in [1.82, 2.24) is 9.88 Å². The van der Waals surface area contributed by atoms with Gasteiger partial charge in [0.05, 0.1) is 11.2 Å². The minimum Gasteiger partial charge on any atom is -0.490 e. The first-order valence-corrected chi connectivity index (χ1v) is 11.2. The number of nitrogens with zero attached hydrogens (tertiary/aromatic N) is 2. The number of rotatable bonds is 6. The van der Waals surface area contributed by atoms with E-state index in [2.05, 4.69) is 37.0 Å². The van der Waals surface area contributed by atoms with Crippen molar-refractivity contribution in [1.29, 1.82) is 0 Å². The van der Waals surface area contributed by atoms with Crippen molar-refractivity contribution < 1.29 is 14.3 Å². The summed E-state index contributed by atoms with van der Waals surface area (Å²) in [6, 6.07) is 13.7. The Morgan fingerprint density at radius 2 is 2.00 bits per heavy atom. The summed E-state index contributed by atoms with van der Waals surface area (Å²) < 4.78 is 12.0. The minimum atomic E-state index is 0.0410. The van der Waals surface area contributed by atoms with Gasteiger partial charge in [-0.3, -0.25) is 4.79 Å². The summed E-state index contributed by atoms with van der Waals surface area (Å²) in [4.78, 5) is 19.1. The molecule has 156 valence electrons. The molecule has 2 aromatic carbocycles. The lowest BCUT2D eigenvalue weighted by Crippen LogP contribution is -2.41. The van der Waals surface area contributed by atoms with Crippen molar-refractivity contribution in [3.63, 3.8) is 0 Å². The van der Waals surface area contributed by atoms with E-state index >= 15 is 0 Å². The Hall–Kier alpha value is -2.86. The quantitative estimate of drug-likeness (QED) is 0.560. The van der Waals surface area contributed by atoms with Gasteiger partial charge in [0.2, 0.25) is 0 Å². The molecule has 6 heteroatoms. The predicted octanol–water partition coefficient (Wildman–Crippen LogP) is 5.02. The van der Waals surface area contributed by atoms with Gasteiger partial charge < -0.3 is 14.4 Å². The molecule has 0 aliphatic carbocycles. The number of carbonyl (C=O) groups is 1. The summed E-state index contributed by atoms with van der Waals surface area (Å²) in [7, 11) is 0. The van der Waals surface area contributed by atoms with Gasteiger partial charge in [-0.05, 0) is 49.2 Å². The number of hydrogen-bond acceptors (Lipinski definition) is 5. The zero-order valence-corrected chi connectivity index (χ0v) is 18.2. The molecule has 0 bridgehead atoms. The molecule has 1 aliphatic rings. The van der Waals surface area contributed by atoms with E-state index in [4.69, 9.17) is 9.47 Å². The summed E-state index contributed by atoms with van der Waals surface area (Å²) >= 11 is 1.54. The summed E-state index contributed by atoms with van der Waals surface area (Å²) in [6.07, 6.45) is 1.81. The largest absolute Gasteiger partial charge is 0.490 e. The molecule has 3 aromatic rings. The van der Waals surface area contributed by atoms with E-state index in [0.717, 1.165) is 29.8 Å². The van der Waals surface area contributed by atoms with Gasteiger partial charge in [-0.15, -0.1) is 11.3 Å². The molecule has 1 saturated heterocycles. The van der Waals surface area contributed by atoms with Gasteiger partial charge in [0.1, 0.15) is 24.2 Å². The van der Waals surface area contributed by atoms with Crippen LogP contribution in [0.2, 0.25) is 0 Å². The topological polar surface area (TPSA) is 51.7 Å². The van der Waals surface area contributed by atoms with Crippen LogP contribution in [0.3, 0.4) is 0 Å². The van der Waals surface area contributed by atoms with Crippen LogP contribution >= 0.6 is 11.3 Å². The molecule has 1 aromatic heterocycles. The molecule has 0 radical (unpaired) electrons. The molecular weight excluding hydrogens is 396 g/mol. The highest BCUT2D eigenvalue weighted by atomic mass is 32.1. The first-order valence-electron chi connectivity index (χ1n) is 10.2. The average molecular weight is 423 g/mol. The number of carbonyl (C=O) groups excluding carboxylic acids is 1. The summed E-state index contributed by atoms with van der Waals surface area (Å²) in [6.45, 7) is 5.93. The van der Waals surface area contributed by atoms with Crippen LogP contribution in [0.1, 0.15) is 40.0 Å². The first kappa shape index (κ1) is 20.4. The van der Waals surface area contributed by atoms with E-state index in [1.807, 2.05) is 34.5 Å². The molecule has 0 atom stereocenters. The van der Waals surface area contributed by atoms with E-state index in [-0.39, 0.29) is 12.0 Å². The molecule has 4 rings (SSSR count). The summed E-state index contributed by atoms with van der Waals surface area (Å²) in [5, 5.41) is 1.96. The molecule has 1 aliphatic heterocycles. The lowest BCUT2D eigenvalue weighted by Gasteiger charge is -2.32. The number of likely N-dealkylation sites (tertiary alicyclic amines) is 1. The van der Waals surface area contributed by atoms with Crippen LogP contribution in [0, 0.1) is 13.8 Å². The van der Waals surface area contributed by atoms with Gasteiger partial charge in [-0.1, -0.05) is 18.2 Å². The maximum atomic E-state index is 13.0. The van der Waals surface area contributed by atoms with Crippen LogP contribution in [0.25, 0.3) is 0 Å². The van der Waals surface area contributed by atoms with E-state index < -0.39 is 0 Å². The van der Waals surface area contributed by atoms with Crippen molar-refractivity contribution >= 4 is 17.2 Å². The second-order valence-corrected chi connectivity index (χ2v) is 8.39. The maximum absolute atomic E-state index is 13.0. The van der Waals surface area contributed by atoms with E-state index in [1.54, 1.807) is 16.8 Å². The second-order valence-electron chi connectivity index (χ2n) is 7.67. The Kier molecular flexibility index (Phi) is 6.33. The molecule has 1 fully saturated rings. The minimum absolute atomic E-state index is 0.0410. The van der Waals surface area contributed by atoms with Crippen LogP contribution in [-0.2, 0) is 6.61 Å². The maximum Gasteiger partial charge on any atom is 0.253 e. The lowest BCUT2D eigenvalue weighted by molar-refractivity contribution is 0.0594. The fraction of sp³-hybridized carbons (Fsp3) is 0.333. The monoisotopic (exact) mass is 422 g/mol. The van der Waals surface area contributed by atoms with Crippen molar-refractivity contribution in [3.05, 3.63) is 75.7 Å². The molecule has 5 nitrogen and oxygen atoms in total. The third-order valence-electron chi connectivity index (χ3n) is 5.32. The molecule has 2 heterocycles. The molecular formula is C24H26N2O3S. The van der Waals surface area contributed by atoms with Crippen LogP contribution in [0.5, 0.6) is 11.5 Å². The number of piperidine rings is 1. The standard InChI is InChI=1S/C24H26N2O3S/c1-17-6-7-18(2)23(12-17)29-21-8-10-26(11-9-21)24(27)19-4-3-5-22(13-19)28-14-20-15-30-16-25-20/h3-7,12-13,15-16,21H,8-11,14H2,1-2H3. The Morgan fingerprint density at radius 1 is 1.17 bits per heavy atom. The van der Waals surface area contributed by atoms with Gasteiger partial charge in [0.25, 0.3) is 5.91 Å². The van der Waals surface area contributed by atoms with E-state index in [9.17, 15) is 4.79 Å². The van der Waals surface area contributed by atoms with Crippen LogP contribution in [0.4, 0.5) is 0 Å².